The highest BCUT2D eigenvalue weighted by Crippen LogP contribution is 2.28. The van der Waals surface area contributed by atoms with Crippen LogP contribution in [0.15, 0.2) is 47.4 Å². The number of sulfonamides is 1. The van der Waals surface area contributed by atoms with Crippen LogP contribution in [0.3, 0.4) is 0 Å². The molecule has 0 radical (unpaired) electrons. The monoisotopic (exact) mass is 444 g/mol. The quantitative estimate of drug-likeness (QED) is 0.533. The van der Waals surface area contributed by atoms with Crippen LogP contribution in [0.4, 0.5) is 5.69 Å². The molecule has 0 aromatic heterocycles. The Morgan fingerprint density at radius 1 is 1.03 bits per heavy atom. The topological polar surface area (TPSA) is 119 Å². The van der Waals surface area contributed by atoms with Crippen LogP contribution in [-0.2, 0) is 19.6 Å². The molecule has 2 aromatic carbocycles. The summed E-state index contributed by atoms with van der Waals surface area (Å²) in [5.74, 6) is -1.12. The van der Waals surface area contributed by atoms with Crippen LogP contribution in [-0.4, -0.2) is 56.7 Å². The normalized spacial score (nSPS) is 16.2. The van der Waals surface area contributed by atoms with Gasteiger partial charge in [-0.05, 0) is 55.3 Å². The summed E-state index contributed by atoms with van der Waals surface area (Å²) < 4.78 is 36.9. The molecule has 9 nitrogen and oxygen atoms in total. The molecule has 1 saturated heterocycles. The third-order valence-corrected chi connectivity index (χ3v) is 6.98. The minimum atomic E-state index is -3.56. The third kappa shape index (κ3) is 4.44. The molecule has 31 heavy (non-hydrogen) atoms. The van der Waals surface area contributed by atoms with Gasteiger partial charge in [-0.25, -0.2) is 13.2 Å². The number of anilines is 1. The number of benzene rings is 2. The van der Waals surface area contributed by atoms with Crippen molar-refractivity contribution in [2.24, 2.45) is 0 Å². The van der Waals surface area contributed by atoms with Crippen LogP contribution in [0.25, 0.3) is 0 Å². The van der Waals surface area contributed by atoms with Crippen molar-refractivity contribution in [2.45, 2.75) is 17.7 Å². The molecule has 0 saturated carbocycles. The summed E-state index contributed by atoms with van der Waals surface area (Å²) in [7, 11) is -3.56. The number of carbonyl (C=O) groups excluding carboxylic acids is 3. The zero-order chi connectivity index (χ0) is 22.0. The molecular weight excluding hydrogens is 424 g/mol. The van der Waals surface area contributed by atoms with Gasteiger partial charge in [0.05, 0.1) is 16.1 Å². The van der Waals surface area contributed by atoms with E-state index in [-0.39, 0.29) is 28.5 Å². The second-order valence-electron chi connectivity index (χ2n) is 7.18. The minimum absolute atomic E-state index is 0.129. The molecule has 162 valence electrons. The molecule has 0 unspecified atom stereocenters. The molecule has 0 spiro atoms. The summed E-state index contributed by atoms with van der Waals surface area (Å²) in [5.41, 5.74) is 0.868. The smallest absolute Gasteiger partial charge is 0.338 e. The van der Waals surface area contributed by atoms with E-state index in [9.17, 15) is 22.8 Å². The van der Waals surface area contributed by atoms with Crippen LogP contribution >= 0.6 is 0 Å². The Bertz CT molecular complexity index is 1140. The maximum atomic E-state index is 12.5. The van der Waals surface area contributed by atoms with Crippen molar-refractivity contribution in [1.29, 1.82) is 0 Å². The van der Waals surface area contributed by atoms with Crippen molar-refractivity contribution >= 4 is 33.4 Å². The zero-order valence-electron chi connectivity index (χ0n) is 16.5. The number of nitrogens with zero attached hydrogens (tertiary/aromatic N) is 1. The Morgan fingerprint density at radius 3 is 2.42 bits per heavy atom. The number of nitrogens with one attached hydrogen (secondary N) is 1. The maximum absolute atomic E-state index is 12.5. The first-order valence-electron chi connectivity index (χ1n) is 9.72. The number of hydrogen-bond acceptors (Lipinski definition) is 7. The van der Waals surface area contributed by atoms with Crippen LogP contribution in [0.1, 0.15) is 33.6 Å². The fourth-order valence-electron chi connectivity index (χ4n) is 3.39. The fourth-order valence-corrected chi connectivity index (χ4v) is 4.91. The van der Waals surface area contributed by atoms with Crippen molar-refractivity contribution < 1.29 is 32.3 Å². The number of rotatable bonds is 6. The first-order chi connectivity index (χ1) is 14.8. The Balaban J connectivity index is 1.37. The highest BCUT2D eigenvalue weighted by Gasteiger charge is 2.27. The average molecular weight is 444 g/mol. The van der Waals surface area contributed by atoms with E-state index < -0.39 is 28.4 Å². The Labute approximate surface area is 179 Å². The number of fused-ring (bicyclic) bond motifs is 1. The molecule has 2 aromatic rings. The SMILES string of the molecule is O=C1COc2cc(C(=O)OCC(=O)c3ccc(S(=O)(=O)N4CCCC4)cc3)ccc2N1. The lowest BCUT2D eigenvalue weighted by Gasteiger charge is -2.18. The predicted octanol–water partition coefficient (Wildman–Crippen LogP) is 1.84. The number of carbonyl (C=O) groups is 3. The van der Waals surface area contributed by atoms with Crippen molar-refractivity contribution in [1.82, 2.24) is 4.31 Å². The molecule has 1 fully saturated rings. The molecular formula is C21H20N2O7S. The second-order valence-corrected chi connectivity index (χ2v) is 9.12. The van der Waals surface area contributed by atoms with Gasteiger partial charge in [0, 0.05) is 18.7 Å². The van der Waals surface area contributed by atoms with E-state index in [0.29, 0.717) is 24.5 Å². The van der Waals surface area contributed by atoms with Crippen molar-refractivity contribution in [2.75, 3.05) is 31.6 Å². The van der Waals surface area contributed by atoms with E-state index in [1.54, 1.807) is 0 Å². The lowest BCUT2D eigenvalue weighted by molar-refractivity contribution is -0.118. The third-order valence-electron chi connectivity index (χ3n) is 5.06. The Morgan fingerprint density at radius 2 is 1.71 bits per heavy atom. The lowest BCUT2D eigenvalue weighted by atomic mass is 10.1. The summed E-state index contributed by atoms with van der Waals surface area (Å²) in [6, 6.07) is 10.0. The number of ketones is 1. The van der Waals surface area contributed by atoms with Gasteiger partial charge in [-0.3, -0.25) is 9.59 Å². The van der Waals surface area contributed by atoms with E-state index in [1.807, 2.05) is 0 Å². The van der Waals surface area contributed by atoms with Gasteiger partial charge in [0.1, 0.15) is 5.75 Å². The number of esters is 1. The predicted molar refractivity (Wildman–Crippen MR) is 110 cm³/mol. The molecule has 10 heteroatoms. The van der Waals surface area contributed by atoms with E-state index in [4.69, 9.17) is 9.47 Å². The summed E-state index contributed by atoms with van der Waals surface area (Å²) in [5, 5.41) is 2.61. The highest BCUT2D eigenvalue weighted by atomic mass is 32.2. The van der Waals surface area contributed by atoms with E-state index in [0.717, 1.165) is 12.8 Å². The Kier molecular flexibility index (Phi) is 5.75. The summed E-state index contributed by atoms with van der Waals surface area (Å²) in [6.07, 6.45) is 1.68. The fraction of sp³-hybridized carbons (Fsp3) is 0.286. The lowest BCUT2D eigenvalue weighted by Crippen LogP contribution is -2.27. The molecule has 4 rings (SSSR count). The van der Waals surface area contributed by atoms with Gasteiger partial charge in [-0.2, -0.15) is 4.31 Å². The van der Waals surface area contributed by atoms with Crippen LogP contribution in [0.2, 0.25) is 0 Å². The van der Waals surface area contributed by atoms with E-state index in [1.165, 1.54) is 46.8 Å². The molecule has 2 heterocycles. The second kappa shape index (κ2) is 8.48. The first-order valence-corrected chi connectivity index (χ1v) is 11.2. The van der Waals surface area contributed by atoms with Crippen LogP contribution in [0, 0.1) is 0 Å². The highest BCUT2D eigenvalue weighted by molar-refractivity contribution is 7.89. The average Bonchev–Trinajstić information content (AvgIpc) is 3.33. The zero-order valence-corrected chi connectivity index (χ0v) is 17.3. The van der Waals surface area contributed by atoms with Crippen molar-refractivity contribution in [3.05, 3.63) is 53.6 Å². The molecule has 1 amide bonds. The van der Waals surface area contributed by atoms with Crippen LogP contribution in [0.5, 0.6) is 5.75 Å². The summed E-state index contributed by atoms with van der Waals surface area (Å²) in [4.78, 5) is 36.0. The molecule has 0 atom stereocenters. The number of hydrogen-bond donors (Lipinski definition) is 1. The van der Waals surface area contributed by atoms with Gasteiger partial charge in [0.2, 0.25) is 10.0 Å². The van der Waals surface area contributed by atoms with Crippen molar-refractivity contribution in [3.8, 4) is 5.75 Å². The molecule has 2 aliphatic rings. The maximum Gasteiger partial charge on any atom is 0.338 e. The largest absolute Gasteiger partial charge is 0.482 e. The first kappa shape index (κ1) is 21.0. The Hall–Kier alpha value is -3.24. The summed E-state index contributed by atoms with van der Waals surface area (Å²) in [6.45, 7) is 0.358. The molecule has 0 aliphatic carbocycles. The standard InChI is InChI=1S/C21H20N2O7S/c24-18(14-3-6-16(7-4-14)31(27,28)23-9-1-2-10-23)12-30-21(26)15-5-8-17-19(11-15)29-13-20(25)22-17/h3-8,11H,1-2,9-10,12-13H2,(H,22,25). The number of amides is 1. The summed E-state index contributed by atoms with van der Waals surface area (Å²) >= 11 is 0. The van der Waals surface area contributed by atoms with Gasteiger partial charge in [0.15, 0.2) is 19.0 Å². The van der Waals surface area contributed by atoms with Gasteiger partial charge < -0.3 is 14.8 Å². The number of Topliss-reactive ketones (excluding diaryl/α,β-unsaturated/α-hetero) is 1. The van der Waals surface area contributed by atoms with E-state index in [2.05, 4.69) is 5.32 Å². The minimum Gasteiger partial charge on any atom is -0.482 e. The van der Waals surface area contributed by atoms with Crippen molar-refractivity contribution in [3.63, 3.8) is 0 Å². The van der Waals surface area contributed by atoms with Gasteiger partial charge in [0.25, 0.3) is 5.91 Å². The molecule has 2 aliphatic heterocycles. The van der Waals surface area contributed by atoms with Gasteiger partial charge in [-0.15, -0.1) is 0 Å². The molecule has 1 N–H and O–H groups in total. The van der Waals surface area contributed by atoms with E-state index >= 15 is 0 Å². The van der Waals surface area contributed by atoms with Gasteiger partial charge in [-0.1, -0.05) is 0 Å². The van der Waals surface area contributed by atoms with Gasteiger partial charge >= 0.3 is 5.97 Å². The van der Waals surface area contributed by atoms with Crippen LogP contribution < -0.4 is 10.1 Å². The number of ether oxygens (including phenoxy) is 2. The molecule has 0 bridgehead atoms.